The first-order valence-electron chi connectivity index (χ1n) is 5.39. The zero-order valence-electron chi connectivity index (χ0n) is 9.59. The molecule has 0 bridgehead atoms. The van der Waals surface area contributed by atoms with Crippen molar-refractivity contribution in [2.24, 2.45) is 0 Å². The number of hydrogen-bond donors (Lipinski definition) is 0. The average molecular weight is 234 g/mol. The number of esters is 1. The van der Waals surface area contributed by atoms with Gasteiger partial charge in [-0.25, -0.2) is 4.79 Å². The molecule has 0 saturated carbocycles. The Bertz CT molecular complexity index is 421. The fraction of sp³-hybridized carbons (Fsp3) is 0.308. The highest BCUT2D eigenvalue weighted by molar-refractivity contribution is 5.87. The van der Waals surface area contributed by atoms with Crippen LogP contribution in [-0.4, -0.2) is 32.4 Å². The van der Waals surface area contributed by atoms with Gasteiger partial charge in [-0.3, -0.25) is 0 Å². The highest BCUT2D eigenvalue weighted by atomic mass is 16.6. The molecular formula is C13H14O4. The molecule has 1 saturated heterocycles. The van der Waals surface area contributed by atoms with Crippen LogP contribution in [0.1, 0.15) is 5.56 Å². The van der Waals surface area contributed by atoms with Crippen LogP contribution in [0.3, 0.4) is 0 Å². The second-order valence-electron chi connectivity index (χ2n) is 3.66. The van der Waals surface area contributed by atoms with E-state index in [0.717, 1.165) is 17.9 Å². The number of rotatable bonds is 5. The Morgan fingerprint density at radius 1 is 1.53 bits per heavy atom. The molecule has 1 fully saturated rings. The summed E-state index contributed by atoms with van der Waals surface area (Å²) in [5.74, 6) is 0.355. The first-order chi connectivity index (χ1) is 8.29. The molecule has 1 aromatic carbocycles. The third-order valence-corrected chi connectivity index (χ3v) is 2.35. The molecule has 1 atom stereocenters. The van der Waals surface area contributed by atoms with E-state index >= 15 is 0 Å². The lowest BCUT2D eigenvalue weighted by Crippen LogP contribution is -2.04. The van der Waals surface area contributed by atoms with Crippen molar-refractivity contribution in [3.05, 3.63) is 35.9 Å². The van der Waals surface area contributed by atoms with E-state index in [9.17, 15) is 4.79 Å². The van der Waals surface area contributed by atoms with Gasteiger partial charge in [0.15, 0.2) is 0 Å². The van der Waals surface area contributed by atoms with Gasteiger partial charge >= 0.3 is 5.97 Å². The molecule has 0 aliphatic carbocycles. The van der Waals surface area contributed by atoms with Crippen molar-refractivity contribution in [2.45, 2.75) is 6.10 Å². The molecule has 1 aliphatic rings. The van der Waals surface area contributed by atoms with Crippen LogP contribution in [0.5, 0.6) is 5.75 Å². The first-order valence-corrected chi connectivity index (χ1v) is 5.39. The van der Waals surface area contributed by atoms with E-state index in [2.05, 4.69) is 4.74 Å². The second kappa shape index (κ2) is 5.50. The summed E-state index contributed by atoms with van der Waals surface area (Å²) < 4.78 is 15.2. The fourth-order valence-corrected chi connectivity index (χ4v) is 1.32. The molecule has 0 spiro atoms. The molecule has 0 amide bonds. The highest BCUT2D eigenvalue weighted by Gasteiger charge is 2.23. The molecule has 0 radical (unpaired) electrons. The molecule has 17 heavy (non-hydrogen) atoms. The molecule has 4 heteroatoms. The van der Waals surface area contributed by atoms with Crippen molar-refractivity contribution in [3.8, 4) is 5.75 Å². The summed E-state index contributed by atoms with van der Waals surface area (Å²) in [6.07, 6.45) is 3.26. The lowest BCUT2D eigenvalue weighted by Gasteiger charge is -2.07. The van der Waals surface area contributed by atoms with Gasteiger partial charge in [0.25, 0.3) is 0 Å². The van der Waals surface area contributed by atoms with E-state index in [4.69, 9.17) is 9.47 Å². The van der Waals surface area contributed by atoms with Gasteiger partial charge in [0, 0.05) is 11.6 Å². The summed E-state index contributed by atoms with van der Waals surface area (Å²) in [6.45, 7) is 1.31. The molecule has 0 N–H and O–H groups in total. The van der Waals surface area contributed by atoms with E-state index < -0.39 is 0 Å². The number of benzene rings is 1. The van der Waals surface area contributed by atoms with Gasteiger partial charge < -0.3 is 14.2 Å². The van der Waals surface area contributed by atoms with Crippen molar-refractivity contribution >= 4 is 12.0 Å². The van der Waals surface area contributed by atoms with Crippen molar-refractivity contribution in [2.75, 3.05) is 20.3 Å². The minimum Gasteiger partial charge on any atom is -0.490 e. The van der Waals surface area contributed by atoms with Crippen molar-refractivity contribution in [1.82, 2.24) is 0 Å². The molecule has 4 nitrogen and oxygen atoms in total. The second-order valence-corrected chi connectivity index (χ2v) is 3.66. The molecule has 1 heterocycles. The van der Waals surface area contributed by atoms with Crippen LogP contribution in [0.2, 0.25) is 0 Å². The maximum absolute atomic E-state index is 11.0. The van der Waals surface area contributed by atoms with Gasteiger partial charge in [-0.1, -0.05) is 18.2 Å². The summed E-state index contributed by atoms with van der Waals surface area (Å²) in [5, 5.41) is 0. The summed E-state index contributed by atoms with van der Waals surface area (Å²) in [6, 6.07) is 7.51. The zero-order chi connectivity index (χ0) is 12.1. The van der Waals surface area contributed by atoms with Crippen LogP contribution in [-0.2, 0) is 14.3 Å². The van der Waals surface area contributed by atoms with Gasteiger partial charge in [0.05, 0.1) is 13.7 Å². The summed E-state index contributed by atoms with van der Waals surface area (Å²) in [4.78, 5) is 11.0. The molecule has 0 aromatic heterocycles. The molecule has 1 unspecified atom stereocenters. The normalized spacial score (nSPS) is 18.1. The highest BCUT2D eigenvalue weighted by Crippen LogP contribution is 2.21. The summed E-state index contributed by atoms with van der Waals surface area (Å²) in [7, 11) is 1.35. The van der Waals surface area contributed by atoms with Crippen LogP contribution >= 0.6 is 0 Å². The first kappa shape index (κ1) is 11.7. The van der Waals surface area contributed by atoms with Gasteiger partial charge in [-0.15, -0.1) is 0 Å². The quantitative estimate of drug-likeness (QED) is 0.441. The van der Waals surface area contributed by atoms with Crippen molar-refractivity contribution in [1.29, 1.82) is 0 Å². The molecule has 90 valence electrons. The fourth-order valence-electron chi connectivity index (χ4n) is 1.32. The number of methoxy groups -OCH3 is 1. The minimum atomic E-state index is -0.384. The minimum absolute atomic E-state index is 0.215. The Labute approximate surface area is 99.8 Å². The molecular weight excluding hydrogens is 220 g/mol. The summed E-state index contributed by atoms with van der Waals surface area (Å²) >= 11 is 0. The molecule has 1 aromatic rings. The number of carbonyl (C=O) groups excluding carboxylic acids is 1. The number of epoxide rings is 1. The Morgan fingerprint density at radius 3 is 3.00 bits per heavy atom. The summed E-state index contributed by atoms with van der Waals surface area (Å²) in [5.41, 5.74) is 0.846. The number of para-hydroxylation sites is 1. The van der Waals surface area contributed by atoms with Crippen LogP contribution < -0.4 is 4.74 Å². The van der Waals surface area contributed by atoms with Crippen molar-refractivity contribution in [3.63, 3.8) is 0 Å². The third kappa shape index (κ3) is 3.60. The monoisotopic (exact) mass is 234 g/mol. The standard InChI is InChI=1S/C13H14O4/c1-15-13(14)7-6-10-4-2-3-5-12(10)17-9-11-8-16-11/h2-7,11H,8-9H2,1H3. The van der Waals surface area contributed by atoms with Gasteiger partial charge in [0.2, 0.25) is 0 Å². The van der Waals surface area contributed by atoms with Gasteiger partial charge in [-0.2, -0.15) is 0 Å². The topological polar surface area (TPSA) is 48.1 Å². The number of carbonyl (C=O) groups is 1. The van der Waals surface area contributed by atoms with Gasteiger partial charge in [-0.05, 0) is 12.1 Å². The Kier molecular flexibility index (Phi) is 3.77. The molecule has 2 rings (SSSR count). The lowest BCUT2D eigenvalue weighted by atomic mass is 10.2. The predicted octanol–water partition coefficient (Wildman–Crippen LogP) is 1.65. The van der Waals surface area contributed by atoms with Crippen LogP contribution in [0.25, 0.3) is 6.08 Å². The average Bonchev–Trinajstić information content (AvgIpc) is 3.18. The van der Waals surface area contributed by atoms with E-state index in [1.807, 2.05) is 24.3 Å². The largest absolute Gasteiger partial charge is 0.490 e. The van der Waals surface area contributed by atoms with Crippen LogP contribution in [0.15, 0.2) is 30.3 Å². The molecule has 1 aliphatic heterocycles. The SMILES string of the molecule is COC(=O)C=Cc1ccccc1OCC1CO1. The van der Waals surface area contributed by atoms with E-state index in [0.29, 0.717) is 6.61 Å². The smallest absolute Gasteiger partial charge is 0.330 e. The van der Waals surface area contributed by atoms with Gasteiger partial charge in [0.1, 0.15) is 18.5 Å². The lowest BCUT2D eigenvalue weighted by molar-refractivity contribution is -0.134. The van der Waals surface area contributed by atoms with E-state index in [1.165, 1.54) is 13.2 Å². The number of ether oxygens (including phenoxy) is 3. The maximum Gasteiger partial charge on any atom is 0.330 e. The Balaban J connectivity index is 2.03. The number of hydrogen-bond acceptors (Lipinski definition) is 4. The predicted molar refractivity (Wildman–Crippen MR) is 62.7 cm³/mol. The van der Waals surface area contributed by atoms with E-state index in [-0.39, 0.29) is 12.1 Å². The Hall–Kier alpha value is -1.81. The Morgan fingerprint density at radius 2 is 2.29 bits per heavy atom. The zero-order valence-corrected chi connectivity index (χ0v) is 9.59. The third-order valence-electron chi connectivity index (χ3n) is 2.35. The van der Waals surface area contributed by atoms with E-state index in [1.54, 1.807) is 6.08 Å². The van der Waals surface area contributed by atoms with Crippen LogP contribution in [0, 0.1) is 0 Å². The van der Waals surface area contributed by atoms with Crippen LogP contribution in [0.4, 0.5) is 0 Å². The van der Waals surface area contributed by atoms with Crippen molar-refractivity contribution < 1.29 is 19.0 Å². The maximum atomic E-state index is 11.0.